The third-order valence-corrected chi connectivity index (χ3v) is 3.52. The molecular weight excluding hydrogens is 332 g/mol. The van der Waals surface area contributed by atoms with E-state index < -0.39 is 0 Å². The summed E-state index contributed by atoms with van der Waals surface area (Å²) in [6, 6.07) is 10.9. The van der Waals surface area contributed by atoms with Gasteiger partial charge in [-0.3, -0.25) is 14.6 Å². The van der Waals surface area contributed by atoms with Gasteiger partial charge in [-0.2, -0.15) is 5.10 Å². The van der Waals surface area contributed by atoms with Gasteiger partial charge in [-0.15, -0.1) is 0 Å². The zero-order valence-corrected chi connectivity index (χ0v) is 14.9. The number of nitrogens with zero attached hydrogens (tertiary/aromatic N) is 2. The van der Waals surface area contributed by atoms with Gasteiger partial charge in [0.15, 0.2) is 0 Å². The predicted octanol–water partition coefficient (Wildman–Crippen LogP) is 1.83. The van der Waals surface area contributed by atoms with Crippen molar-refractivity contribution < 1.29 is 14.3 Å². The molecule has 136 valence electrons. The maximum absolute atomic E-state index is 11.9. The molecule has 1 aromatic heterocycles. The molecule has 0 saturated carbocycles. The average Bonchev–Trinajstić information content (AvgIpc) is 2.66. The van der Waals surface area contributed by atoms with Gasteiger partial charge in [0.1, 0.15) is 5.75 Å². The molecule has 1 heterocycles. The molecule has 26 heavy (non-hydrogen) atoms. The Kier molecular flexibility index (Phi) is 7.30. The van der Waals surface area contributed by atoms with Gasteiger partial charge in [-0.05, 0) is 36.2 Å². The van der Waals surface area contributed by atoms with Crippen LogP contribution in [0.1, 0.15) is 24.5 Å². The molecule has 0 fully saturated rings. The molecule has 2 aromatic rings. The summed E-state index contributed by atoms with van der Waals surface area (Å²) in [5, 5.41) is 6.75. The van der Waals surface area contributed by atoms with E-state index in [1.807, 2.05) is 24.3 Å². The minimum Gasteiger partial charge on any atom is -0.497 e. The maximum atomic E-state index is 11.9. The largest absolute Gasteiger partial charge is 0.497 e. The quantitative estimate of drug-likeness (QED) is 0.559. The van der Waals surface area contributed by atoms with Gasteiger partial charge in [-0.1, -0.05) is 18.2 Å². The van der Waals surface area contributed by atoms with Gasteiger partial charge >= 0.3 is 0 Å². The number of hydrogen-bond donors (Lipinski definition) is 2. The molecule has 2 amide bonds. The van der Waals surface area contributed by atoms with Crippen molar-refractivity contribution in [3.8, 4) is 5.75 Å². The molecule has 7 nitrogen and oxygen atoms in total. The summed E-state index contributed by atoms with van der Waals surface area (Å²) < 4.78 is 5.07. The molecule has 1 aromatic carbocycles. The highest BCUT2D eigenvalue weighted by Crippen LogP contribution is 2.11. The van der Waals surface area contributed by atoms with Crippen LogP contribution in [0.3, 0.4) is 0 Å². The van der Waals surface area contributed by atoms with Crippen molar-refractivity contribution in [2.45, 2.75) is 26.3 Å². The van der Waals surface area contributed by atoms with Gasteiger partial charge in [0.2, 0.25) is 11.8 Å². The van der Waals surface area contributed by atoms with Crippen molar-refractivity contribution >= 4 is 17.5 Å². The first-order valence-electron chi connectivity index (χ1n) is 8.17. The highest BCUT2D eigenvalue weighted by Gasteiger charge is 2.06. The van der Waals surface area contributed by atoms with Crippen LogP contribution in [0.25, 0.3) is 0 Å². The standard InChI is InChI=1S/C19H22N4O3/c1-14(10-18(24)21-13-16-4-3-9-20-12-16)22-23-19(25)11-15-5-7-17(26-2)8-6-15/h3-9,12H,10-11,13H2,1-2H3,(H,21,24)(H,23,25)/b22-14-. The Bertz CT molecular complexity index is 758. The number of carbonyl (C=O) groups excluding carboxylic acids is 2. The first kappa shape index (κ1) is 19.1. The first-order valence-corrected chi connectivity index (χ1v) is 8.17. The highest BCUT2D eigenvalue weighted by atomic mass is 16.5. The smallest absolute Gasteiger partial charge is 0.244 e. The van der Waals surface area contributed by atoms with Gasteiger partial charge in [0.05, 0.1) is 20.0 Å². The van der Waals surface area contributed by atoms with Crippen LogP contribution in [0.15, 0.2) is 53.9 Å². The Balaban J connectivity index is 1.73. The van der Waals surface area contributed by atoms with Crippen LogP contribution in [0.5, 0.6) is 5.75 Å². The number of benzene rings is 1. The molecule has 2 rings (SSSR count). The second kappa shape index (κ2) is 9.93. The number of ether oxygens (including phenoxy) is 1. The monoisotopic (exact) mass is 354 g/mol. The van der Waals surface area contributed by atoms with Crippen LogP contribution in [0.4, 0.5) is 0 Å². The maximum Gasteiger partial charge on any atom is 0.244 e. The lowest BCUT2D eigenvalue weighted by atomic mass is 10.1. The third-order valence-electron chi connectivity index (χ3n) is 3.52. The number of methoxy groups -OCH3 is 1. The van der Waals surface area contributed by atoms with E-state index >= 15 is 0 Å². The molecular formula is C19H22N4O3. The summed E-state index contributed by atoms with van der Waals surface area (Å²) in [5.74, 6) is 0.324. The lowest BCUT2D eigenvalue weighted by Crippen LogP contribution is -2.26. The van der Waals surface area contributed by atoms with E-state index in [1.165, 1.54) is 0 Å². The van der Waals surface area contributed by atoms with Crippen LogP contribution < -0.4 is 15.5 Å². The minimum absolute atomic E-state index is 0.114. The Labute approximate surface area is 152 Å². The molecule has 2 N–H and O–H groups in total. The molecule has 0 aliphatic rings. The topological polar surface area (TPSA) is 92.7 Å². The van der Waals surface area contributed by atoms with E-state index in [9.17, 15) is 9.59 Å². The second-order valence-electron chi connectivity index (χ2n) is 5.72. The normalized spacial score (nSPS) is 10.9. The fraction of sp³-hybridized carbons (Fsp3) is 0.263. The van der Waals surface area contributed by atoms with Crippen LogP contribution in [0, 0.1) is 0 Å². The van der Waals surface area contributed by atoms with Gasteiger partial charge in [0.25, 0.3) is 0 Å². The van der Waals surface area contributed by atoms with E-state index in [-0.39, 0.29) is 24.7 Å². The van der Waals surface area contributed by atoms with Gasteiger partial charge < -0.3 is 10.1 Å². The van der Waals surface area contributed by atoms with Crippen LogP contribution >= 0.6 is 0 Å². The predicted molar refractivity (Wildman–Crippen MR) is 98.7 cm³/mol. The van der Waals surface area contributed by atoms with Crippen LogP contribution in [0.2, 0.25) is 0 Å². The summed E-state index contributed by atoms with van der Waals surface area (Å²) in [4.78, 5) is 27.8. The van der Waals surface area contributed by atoms with Crippen molar-refractivity contribution in [2.24, 2.45) is 5.10 Å². The van der Waals surface area contributed by atoms with Crippen molar-refractivity contribution in [1.29, 1.82) is 0 Å². The van der Waals surface area contributed by atoms with Crippen LogP contribution in [-0.4, -0.2) is 29.6 Å². The zero-order valence-electron chi connectivity index (χ0n) is 14.9. The Morgan fingerprint density at radius 2 is 1.88 bits per heavy atom. The van der Waals surface area contributed by atoms with Crippen molar-refractivity contribution in [1.82, 2.24) is 15.7 Å². The summed E-state index contributed by atoms with van der Waals surface area (Å²) in [6.45, 7) is 2.10. The Hall–Kier alpha value is -3.22. The van der Waals surface area contributed by atoms with Crippen molar-refractivity contribution in [3.63, 3.8) is 0 Å². The number of hydrogen-bond acceptors (Lipinski definition) is 5. The van der Waals surface area contributed by atoms with Crippen molar-refractivity contribution in [3.05, 3.63) is 59.9 Å². The number of aromatic nitrogens is 1. The summed E-state index contributed by atoms with van der Waals surface area (Å²) in [5.41, 5.74) is 4.76. The zero-order chi connectivity index (χ0) is 18.8. The van der Waals surface area contributed by atoms with E-state index in [0.717, 1.165) is 16.9 Å². The van der Waals surface area contributed by atoms with E-state index in [0.29, 0.717) is 12.3 Å². The summed E-state index contributed by atoms with van der Waals surface area (Å²) in [6.07, 6.45) is 3.69. The Morgan fingerprint density at radius 3 is 2.54 bits per heavy atom. The fourth-order valence-corrected chi connectivity index (χ4v) is 2.16. The number of hydrazone groups is 1. The van der Waals surface area contributed by atoms with Gasteiger partial charge in [-0.25, -0.2) is 5.43 Å². The first-order chi connectivity index (χ1) is 12.6. The number of rotatable bonds is 8. The molecule has 7 heteroatoms. The molecule has 0 spiro atoms. The molecule has 0 atom stereocenters. The third kappa shape index (κ3) is 6.72. The molecule has 0 aliphatic heterocycles. The number of carbonyl (C=O) groups is 2. The molecule has 0 saturated heterocycles. The van der Waals surface area contributed by atoms with E-state index in [4.69, 9.17) is 4.74 Å². The number of amides is 2. The number of pyridine rings is 1. The lowest BCUT2D eigenvalue weighted by molar-refractivity contribution is -0.121. The fourth-order valence-electron chi connectivity index (χ4n) is 2.16. The summed E-state index contributed by atoms with van der Waals surface area (Å²) in [7, 11) is 1.59. The average molecular weight is 354 g/mol. The summed E-state index contributed by atoms with van der Waals surface area (Å²) >= 11 is 0. The molecule has 0 aliphatic carbocycles. The number of nitrogens with one attached hydrogen (secondary N) is 2. The molecule has 0 unspecified atom stereocenters. The SMILES string of the molecule is COc1ccc(CC(=O)N/N=C(/C)CC(=O)NCc2cccnc2)cc1. The highest BCUT2D eigenvalue weighted by molar-refractivity contribution is 6.00. The van der Waals surface area contributed by atoms with E-state index in [1.54, 1.807) is 38.6 Å². The lowest BCUT2D eigenvalue weighted by Gasteiger charge is -2.06. The second-order valence-corrected chi connectivity index (χ2v) is 5.72. The van der Waals surface area contributed by atoms with E-state index in [2.05, 4.69) is 20.8 Å². The molecule has 0 radical (unpaired) electrons. The van der Waals surface area contributed by atoms with Crippen LogP contribution in [-0.2, 0) is 22.6 Å². The Morgan fingerprint density at radius 1 is 1.12 bits per heavy atom. The molecule has 0 bridgehead atoms. The van der Waals surface area contributed by atoms with Gasteiger partial charge in [0, 0.05) is 24.7 Å². The van der Waals surface area contributed by atoms with Crippen molar-refractivity contribution in [2.75, 3.05) is 7.11 Å². The minimum atomic E-state index is -0.245.